The van der Waals surface area contributed by atoms with Crippen LogP contribution in [-0.2, 0) is 9.59 Å². The fourth-order valence-corrected chi connectivity index (χ4v) is 14.5. The molecule has 15 rings (SSSR count). The van der Waals surface area contributed by atoms with Crippen molar-refractivity contribution >= 4 is 47.0 Å². The molecule has 2 unspecified atom stereocenters. The maximum absolute atomic E-state index is 14.0. The number of anilines is 3. The summed E-state index contributed by atoms with van der Waals surface area (Å²) in [7, 11) is 0. The minimum Gasteiger partial charge on any atom is -0.454 e. The molecule has 9 aromatic rings. The third kappa shape index (κ3) is 14.9. The third-order valence-corrected chi connectivity index (χ3v) is 20.8. The number of likely N-dealkylation sites (tertiary alicyclic amines) is 3. The Balaban J connectivity index is 0.000000143. The monoisotopic (exact) mass is 1480 g/mol. The van der Waals surface area contributed by atoms with Gasteiger partial charge in [-0.15, -0.1) is 0 Å². The number of nitriles is 1. The molecule has 3 saturated heterocycles. The van der Waals surface area contributed by atoms with Crippen molar-refractivity contribution in [2.45, 2.75) is 112 Å². The van der Waals surface area contributed by atoms with Gasteiger partial charge in [0.05, 0.1) is 36.8 Å². The van der Waals surface area contributed by atoms with E-state index in [1.165, 1.54) is 36.4 Å². The molecule has 31 heteroatoms. The summed E-state index contributed by atoms with van der Waals surface area (Å²) in [5.74, 6) is -6.17. The lowest BCUT2D eigenvalue weighted by atomic mass is 9.96. The van der Waals surface area contributed by atoms with E-state index in [2.05, 4.69) is 28.1 Å². The SMILES string of the molecule is C=CC(=O)N1CC(n2nc(-c3ccc(Oc4ccc(F)cc4F)cc3)c(C(N)=O)c2N)CCC12CC2.N#CN1C[C@H](n2nc(-c3ccc(Oc4ccc(F)cc4F)cc3)c(C(N)=O)c2N)CCC12CC2.NC(=O)c1c(-c2ccc(Oc3ccc(F)cc3F)cc2)nn(C2CCC3(CC3)N(C(=O)/C=C/CO)C2)c1N. The lowest BCUT2D eigenvalue weighted by molar-refractivity contribution is -0.132. The molecule has 0 bridgehead atoms. The zero-order valence-electron chi connectivity index (χ0n) is 58.0. The molecule has 3 atom stereocenters. The summed E-state index contributed by atoms with van der Waals surface area (Å²) in [5.41, 5.74) is 38.5. The van der Waals surface area contributed by atoms with Gasteiger partial charge in [-0.05, 0) is 192 Å². The number of hydrogen-bond acceptors (Lipinski definition) is 17. The first kappa shape index (κ1) is 73.7. The summed E-state index contributed by atoms with van der Waals surface area (Å²) in [5, 5.41) is 32.5. The number of nitrogens with zero attached hydrogens (tertiary/aromatic N) is 10. The fourth-order valence-electron chi connectivity index (χ4n) is 14.5. The van der Waals surface area contributed by atoms with Crippen LogP contribution >= 0.6 is 0 Å². The van der Waals surface area contributed by atoms with Gasteiger partial charge in [0.15, 0.2) is 40.9 Å². The highest BCUT2D eigenvalue weighted by molar-refractivity contribution is 6.05. The van der Waals surface area contributed by atoms with Crippen LogP contribution < -0.4 is 48.6 Å². The molecule has 6 aromatic carbocycles. The predicted octanol–water partition coefficient (Wildman–Crippen LogP) is 11.7. The van der Waals surface area contributed by atoms with Crippen molar-refractivity contribution in [3.63, 3.8) is 0 Å². The molecule has 13 N–H and O–H groups in total. The molecule has 25 nitrogen and oxygen atoms in total. The molecule has 6 heterocycles. The van der Waals surface area contributed by atoms with Gasteiger partial charge >= 0.3 is 0 Å². The van der Waals surface area contributed by atoms with Crippen LogP contribution in [0.25, 0.3) is 33.8 Å². The van der Waals surface area contributed by atoms with Crippen molar-refractivity contribution in [1.29, 1.82) is 5.26 Å². The van der Waals surface area contributed by atoms with Gasteiger partial charge < -0.3 is 68.4 Å². The highest BCUT2D eigenvalue weighted by Crippen LogP contribution is 2.53. The summed E-state index contributed by atoms with van der Waals surface area (Å²) < 4.78 is 102. The summed E-state index contributed by atoms with van der Waals surface area (Å²) >= 11 is 0. The Morgan fingerprint density at radius 1 is 0.481 bits per heavy atom. The number of carbonyl (C=O) groups excluding carboxylic acids is 5. The second kappa shape index (κ2) is 29.7. The standard InChI is InChI=1S/C27H27F2N5O4.C26H25F2N5O3.C24H22F2N6O2/c28-17-5-8-21(20(29)14-17)38-19-6-3-16(4-7-19)24-23(26(31)37)25(30)34(32-24)18-9-10-27(11-12-27)33(15-18)22(36)2-1-13-35;1-2-21(34)32-14-17(9-10-26(32)11-12-26)33-24(29)22(25(30)35)23(31-33)15-3-6-18(7-4-15)36-20-8-5-16(27)13-19(20)28;25-15-3-6-19(18(26)11-15)34-17-4-1-14(2-5-17)21-20(23(29)33)22(28)32(30-21)16-7-8-24(9-10-24)31(12-16)13-27/h1-8,14,18,35H,9-13,15,30H2,(H2,31,37);2-8,13,17H,1,9-12,14,29H2,(H2,30,35);1-6,11,16H,7-10,12,28H2,(H2,29,33)/b2-1+;;/t;;16-/m..1/s1. The number of piperidine rings is 3. The number of hydrogen-bond donors (Lipinski definition) is 7. The highest BCUT2D eigenvalue weighted by atomic mass is 19.2. The Morgan fingerprint density at radius 3 is 1.08 bits per heavy atom. The van der Waals surface area contributed by atoms with E-state index in [9.17, 15) is 55.6 Å². The van der Waals surface area contributed by atoms with Crippen LogP contribution in [0.1, 0.15) is 126 Å². The number of primary amides is 3. The van der Waals surface area contributed by atoms with Crippen molar-refractivity contribution in [3.8, 4) is 74.5 Å². The first-order chi connectivity index (χ1) is 51.7. The molecule has 3 saturated carbocycles. The van der Waals surface area contributed by atoms with Crippen molar-refractivity contribution in [3.05, 3.63) is 204 Å². The number of nitrogen functional groups attached to an aromatic ring is 3. The van der Waals surface area contributed by atoms with Crippen molar-refractivity contribution in [2.75, 3.05) is 43.4 Å². The van der Waals surface area contributed by atoms with Gasteiger partial charge in [-0.3, -0.25) is 24.0 Å². The molecule has 3 spiro atoms. The summed E-state index contributed by atoms with van der Waals surface area (Å²) in [6.07, 6.45) is 16.8. The van der Waals surface area contributed by atoms with Gasteiger partial charge in [-0.2, -0.15) is 20.6 Å². The molecule has 3 aromatic heterocycles. The molecular weight excluding hydrogens is 1410 g/mol. The van der Waals surface area contributed by atoms with Crippen LogP contribution in [0.4, 0.5) is 43.8 Å². The molecular formula is C77H74F6N16O9. The number of nitrogens with two attached hydrogens (primary N) is 6. The van der Waals surface area contributed by atoms with Crippen molar-refractivity contribution in [2.24, 2.45) is 17.2 Å². The third-order valence-electron chi connectivity index (χ3n) is 20.8. The number of halogens is 6. The second-order valence-corrected chi connectivity index (χ2v) is 27.5. The Morgan fingerprint density at radius 2 is 0.796 bits per heavy atom. The largest absolute Gasteiger partial charge is 0.454 e. The van der Waals surface area contributed by atoms with Crippen molar-refractivity contribution in [1.82, 2.24) is 44.0 Å². The number of amides is 5. The van der Waals surface area contributed by atoms with Gasteiger partial charge in [0.25, 0.3) is 17.7 Å². The van der Waals surface area contributed by atoms with E-state index in [0.29, 0.717) is 71.4 Å². The minimum atomic E-state index is -0.837. The van der Waals surface area contributed by atoms with Gasteiger partial charge in [0.1, 0.15) is 85.9 Å². The number of aliphatic hydroxyl groups is 1. The van der Waals surface area contributed by atoms with Crippen LogP contribution in [-0.4, -0.2) is 122 Å². The zero-order valence-corrected chi connectivity index (χ0v) is 58.0. The molecule has 5 amide bonds. The van der Waals surface area contributed by atoms with E-state index >= 15 is 0 Å². The van der Waals surface area contributed by atoms with E-state index in [4.69, 9.17) is 53.7 Å². The smallest absolute Gasteiger partial charge is 0.254 e. The van der Waals surface area contributed by atoms with Gasteiger partial charge in [-0.25, -0.2) is 40.4 Å². The Labute approximate surface area is 614 Å². The molecule has 108 heavy (non-hydrogen) atoms. The number of aromatic nitrogens is 6. The van der Waals surface area contributed by atoms with Crippen LogP contribution in [0.2, 0.25) is 0 Å². The van der Waals surface area contributed by atoms with E-state index < -0.39 is 52.6 Å². The average molecular weight is 1480 g/mol. The van der Waals surface area contributed by atoms with Gasteiger partial charge in [-0.1, -0.05) is 12.7 Å². The van der Waals surface area contributed by atoms with Crippen LogP contribution in [0.3, 0.4) is 0 Å². The normalized spacial score (nSPS) is 18.3. The van der Waals surface area contributed by atoms with Gasteiger partial charge in [0, 0.05) is 65.1 Å². The summed E-state index contributed by atoms with van der Waals surface area (Å²) in [6, 6.07) is 27.7. The quantitative estimate of drug-likeness (QED) is 0.0238. The van der Waals surface area contributed by atoms with E-state index in [1.807, 2.05) is 4.90 Å². The van der Waals surface area contributed by atoms with E-state index in [-0.39, 0.29) is 110 Å². The van der Waals surface area contributed by atoms with Crippen LogP contribution in [0.15, 0.2) is 152 Å². The Hall–Kier alpha value is -12.6. The number of aliphatic hydroxyl groups excluding tert-OH is 1. The minimum absolute atomic E-state index is 0.0255. The summed E-state index contributed by atoms with van der Waals surface area (Å²) in [6.45, 7) is 4.63. The fraction of sp³-hybridized carbons (Fsp3) is 0.286. The molecule has 6 aliphatic rings. The molecule has 0 radical (unpaired) electrons. The number of rotatable bonds is 18. The molecule has 3 aliphatic heterocycles. The molecule has 558 valence electrons. The van der Waals surface area contributed by atoms with Crippen LogP contribution in [0.5, 0.6) is 34.5 Å². The highest BCUT2D eigenvalue weighted by Gasteiger charge is 2.55. The number of benzene rings is 6. The van der Waals surface area contributed by atoms with Gasteiger partial charge in [0.2, 0.25) is 11.8 Å². The predicted molar refractivity (Wildman–Crippen MR) is 384 cm³/mol. The second-order valence-electron chi connectivity index (χ2n) is 27.5. The topological polar surface area (TPSA) is 376 Å². The Kier molecular flexibility index (Phi) is 20.3. The lowest BCUT2D eigenvalue weighted by Gasteiger charge is -2.40. The first-order valence-electron chi connectivity index (χ1n) is 34.7. The maximum atomic E-state index is 14.0. The first-order valence-corrected chi connectivity index (χ1v) is 34.7. The number of ether oxygens (including phenoxy) is 3. The molecule has 3 aliphatic carbocycles. The van der Waals surface area contributed by atoms with E-state index in [0.717, 1.165) is 107 Å². The van der Waals surface area contributed by atoms with Crippen molar-refractivity contribution < 1.29 is 69.6 Å². The van der Waals surface area contributed by atoms with Crippen LogP contribution in [0, 0.1) is 46.4 Å². The Bertz CT molecular complexity index is 5090. The maximum Gasteiger partial charge on any atom is 0.254 e. The number of carbonyl (C=O) groups is 5. The summed E-state index contributed by atoms with van der Waals surface area (Å²) in [4.78, 5) is 67.7. The zero-order chi connectivity index (χ0) is 76.7. The lowest BCUT2D eigenvalue weighted by Crippen LogP contribution is -2.48. The molecule has 6 fully saturated rings. The van der Waals surface area contributed by atoms with E-state index in [1.54, 1.807) is 96.6 Å². The average Bonchev–Trinajstić information content (AvgIpc) is 1.59.